The van der Waals surface area contributed by atoms with Gasteiger partial charge in [0.25, 0.3) is 0 Å². The molecule has 1 aliphatic carbocycles. The summed E-state index contributed by atoms with van der Waals surface area (Å²) in [6.45, 7) is 2.58. The van der Waals surface area contributed by atoms with Gasteiger partial charge in [-0.05, 0) is 25.0 Å². The molecule has 142 valence electrons. The molecule has 1 aromatic carbocycles. The Balaban J connectivity index is 1.71. The number of rotatable bonds is 6. The second kappa shape index (κ2) is 8.46. The summed E-state index contributed by atoms with van der Waals surface area (Å²) in [6.07, 6.45) is 11.5. The lowest BCUT2D eigenvalue weighted by atomic mass is 9.90. The molecule has 2 heterocycles. The zero-order valence-electron chi connectivity index (χ0n) is 15.3. The van der Waals surface area contributed by atoms with Crippen LogP contribution in [0.25, 0.3) is 21.9 Å². The Kier molecular flexibility index (Phi) is 5.80. The Labute approximate surface area is 165 Å². The van der Waals surface area contributed by atoms with Crippen molar-refractivity contribution in [2.24, 2.45) is 0 Å². The number of thiazole rings is 1. The van der Waals surface area contributed by atoms with Gasteiger partial charge in [-0.2, -0.15) is 0 Å². The Morgan fingerprint density at radius 2 is 2.11 bits per heavy atom. The van der Waals surface area contributed by atoms with Gasteiger partial charge in [0, 0.05) is 29.8 Å². The molecule has 0 saturated heterocycles. The van der Waals surface area contributed by atoms with Crippen molar-refractivity contribution in [3.05, 3.63) is 41.9 Å². The Bertz CT molecular complexity index is 915. The first kappa shape index (κ1) is 18.5. The number of nitrogens with one attached hydrogen (secondary N) is 1. The molecular weight excluding hydrogens is 378 g/mol. The van der Waals surface area contributed by atoms with Gasteiger partial charge in [-0.1, -0.05) is 32.3 Å². The van der Waals surface area contributed by atoms with Gasteiger partial charge in [-0.3, -0.25) is 0 Å². The van der Waals surface area contributed by atoms with E-state index in [1.807, 2.05) is 31.3 Å². The quantitative estimate of drug-likeness (QED) is 0.620. The van der Waals surface area contributed by atoms with Crippen LogP contribution in [0.5, 0.6) is 0 Å². The second-order valence-corrected chi connectivity index (χ2v) is 9.04. The van der Waals surface area contributed by atoms with E-state index in [1.54, 1.807) is 23.8 Å². The highest BCUT2D eigenvalue weighted by Gasteiger charge is 2.21. The van der Waals surface area contributed by atoms with E-state index in [9.17, 15) is 4.21 Å². The van der Waals surface area contributed by atoms with Crippen LogP contribution in [0.4, 0.5) is 0 Å². The Morgan fingerprint density at radius 1 is 1.26 bits per heavy atom. The highest BCUT2D eigenvalue weighted by molar-refractivity contribution is 7.83. The summed E-state index contributed by atoms with van der Waals surface area (Å²) in [5.41, 5.74) is 1.78. The van der Waals surface area contributed by atoms with Gasteiger partial charge in [0.05, 0.1) is 21.0 Å². The molecule has 0 spiro atoms. The third-order valence-corrected chi connectivity index (χ3v) is 7.36. The van der Waals surface area contributed by atoms with E-state index in [2.05, 4.69) is 9.71 Å². The van der Waals surface area contributed by atoms with E-state index >= 15 is 0 Å². The van der Waals surface area contributed by atoms with E-state index in [0.29, 0.717) is 18.4 Å². The monoisotopic (exact) mass is 401 g/mol. The maximum absolute atomic E-state index is 12.8. The minimum Gasteiger partial charge on any atom is -0.445 e. The lowest BCUT2D eigenvalue weighted by Gasteiger charge is -2.18. The van der Waals surface area contributed by atoms with Gasteiger partial charge in [0.15, 0.2) is 0 Å². The van der Waals surface area contributed by atoms with Crippen LogP contribution in [0.1, 0.15) is 50.0 Å². The Hall–Kier alpha value is -1.83. The number of benzene rings is 1. The summed E-state index contributed by atoms with van der Waals surface area (Å²) in [5.74, 6) is 1.11. The fraction of sp³-hybridized carbons (Fsp3) is 0.400. The molecule has 2 aromatic heterocycles. The van der Waals surface area contributed by atoms with Gasteiger partial charge in [-0.15, -0.1) is 11.3 Å². The van der Waals surface area contributed by atoms with Crippen molar-refractivity contribution in [1.82, 2.24) is 14.7 Å². The van der Waals surface area contributed by atoms with Crippen molar-refractivity contribution in [2.75, 3.05) is 6.54 Å². The van der Waals surface area contributed by atoms with Gasteiger partial charge < -0.3 is 4.42 Å². The zero-order chi connectivity index (χ0) is 18.6. The van der Waals surface area contributed by atoms with Gasteiger partial charge >= 0.3 is 0 Å². The average Bonchev–Trinajstić information content (AvgIpc) is 3.41. The molecule has 5 nitrogen and oxygen atoms in total. The fourth-order valence-electron chi connectivity index (χ4n) is 3.54. The molecule has 0 radical (unpaired) electrons. The molecule has 27 heavy (non-hydrogen) atoms. The van der Waals surface area contributed by atoms with Crippen LogP contribution in [0.2, 0.25) is 0 Å². The number of hydrogen-bond donors (Lipinski definition) is 1. The van der Waals surface area contributed by atoms with E-state index in [-0.39, 0.29) is 0 Å². The number of oxazole rings is 1. The third kappa shape index (κ3) is 4.05. The SMILES string of the molecule is CCNS(=O)c1cc(-c2ncco2)ccc1-c1cnc(C2CCCCC2)s1. The lowest BCUT2D eigenvalue weighted by Crippen LogP contribution is -2.17. The summed E-state index contributed by atoms with van der Waals surface area (Å²) in [7, 11) is -1.30. The largest absolute Gasteiger partial charge is 0.445 e. The molecular formula is C20H23N3O2S2. The summed E-state index contributed by atoms with van der Waals surface area (Å²) in [6, 6.07) is 5.87. The normalized spacial score (nSPS) is 16.5. The van der Waals surface area contributed by atoms with Crippen LogP contribution in [0, 0.1) is 0 Å². The molecule has 1 saturated carbocycles. The van der Waals surface area contributed by atoms with Crippen molar-refractivity contribution < 1.29 is 8.63 Å². The first-order chi connectivity index (χ1) is 13.3. The van der Waals surface area contributed by atoms with Crippen molar-refractivity contribution in [3.63, 3.8) is 0 Å². The van der Waals surface area contributed by atoms with Crippen LogP contribution < -0.4 is 4.72 Å². The molecule has 0 bridgehead atoms. The van der Waals surface area contributed by atoms with Crippen LogP contribution in [0.3, 0.4) is 0 Å². The minimum atomic E-state index is -1.30. The number of nitrogens with zero attached hydrogens (tertiary/aromatic N) is 2. The average molecular weight is 402 g/mol. The van der Waals surface area contributed by atoms with Crippen molar-refractivity contribution >= 4 is 22.3 Å². The maximum Gasteiger partial charge on any atom is 0.225 e. The standard InChI is InChI=1S/C20H23N3O2S2/c1-2-23-27(24)18-12-15(19-21-10-11-25-19)8-9-16(18)17-13-22-20(26-17)14-6-4-3-5-7-14/h8-14,23H,2-7H2,1H3. The van der Waals surface area contributed by atoms with Crippen molar-refractivity contribution in [1.29, 1.82) is 0 Å². The molecule has 1 atom stereocenters. The predicted octanol–water partition coefficient (Wildman–Crippen LogP) is 5.14. The molecule has 1 unspecified atom stereocenters. The van der Waals surface area contributed by atoms with Gasteiger partial charge in [-0.25, -0.2) is 18.9 Å². The summed E-state index contributed by atoms with van der Waals surface area (Å²) < 4.78 is 21.2. The highest BCUT2D eigenvalue weighted by Crippen LogP contribution is 2.39. The first-order valence-corrected chi connectivity index (χ1v) is 11.4. The van der Waals surface area contributed by atoms with E-state index in [4.69, 9.17) is 9.40 Å². The molecule has 7 heteroatoms. The molecule has 0 aliphatic heterocycles. The lowest BCUT2D eigenvalue weighted by molar-refractivity contribution is 0.442. The smallest absolute Gasteiger partial charge is 0.225 e. The molecule has 1 fully saturated rings. The van der Waals surface area contributed by atoms with E-state index < -0.39 is 11.0 Å². The minimum absolute atomic E-state index is 0.531. The Morgan fingerprint density at radius 3 is 2.85 bits per heavy atom. The molecule has 1 N–H and O–H groups in total. The molecule has 3 aromatic rings. The maximum atomic E-state index is 12.8. The zero-order valence-corrected chi connectivity index (χ0v) is 16.9. The van der Waals surface area contributed by atoms with Crippen LogP contribution in [-0.2, 0) is 11.0 Å². The van der Waals surface area contributed by atoms with Crippen LogP contribution in [-0.4, -0.2) is 20.7 Å². The summed E-state index contributed by atoms with van der Waals surface area (Å²) in [5, 5.41) is 1.21. The molecule has 4 rings (SSSR count). The fourth-order valence-corrected chi connectivity index (χ4v) is 5.76. The topological polar surface area (TPSA) is 68.0 Å². The summed E-state index contributed by atoms with van der Waals surface area (Å²) >= 11 is 1.73. The third-order valence-electron chi connectivity index (χ3n) is 4.88. The van der Waals surface area contributed by atoms with Crippen molar-refractivity contribution in [3.8, 4) is 21.9 Å². The number of hydrogen-bond acceptors (Lipinski definition) is 5. The van der Waals surface area contributed by atoms with Gasteiger partial charge in [0.2, 0.25) is 5.89 Å². The predicted molar refractivity (Wildman–Crippen MR) is 109 cm³/mol. The number of aromatic nitrogens is 2. The van der Waals surface area contributed by atoms with E-state index in [1.165, 1.54) is 37.1 Å². The molecule has 0 amide bonds. The highest BCUT2D eigenvalue weighted by atomic mass is 32.2. The van der Waals surface area contributed by atoms with Crippen molar-refractivity contribution in [2.45, 2.75) is 49.8 Å². The van der Waals surface area contributed by atoms with Gasteiger partial charge in [0.1, 0.15) is 17.2 Å². The van der Waals surface area contributed by atoms with Crippen LogP contribution in [0.15, 0.2) is 46.2 Å². The molecule has 1 aliphatic rings. The summed E-state index contributed by atoms with van der Waals surface area (Å²) in [4.78, 5) is 10.7. The van der Waals surface area contributed by atoms with E-state index in [0.717, 1.165) is 20.9 Å². The second-order valence-electron chi connectivity index (χ2n) is 6.71. The first-order valence-electron chi connectivity index (χ1n) is 9.41. The van der Waals surface area contributed by atoms with Crippen LogP contribution >= 0.6 is 11.3 Å².